The molecule has 0 aliphatic carbocycles. The maximum absolute atomic E-state index is 10.2. The lowest BCUT2D eigenvalue weighted by atomic mass is 9.98. The molecule has 0 aliphatic rings. The second-order valence-electron chi connectivity index (χ2n) is 9.39. The number of nitrogens with zero attached hydrogens (tertiary/aromatic N) is 7. The molecule has 0 atom stereocenters. The molecule has 0 bridgehead atoms. The molecule has 0 unspecified atom stereocenters. The zero-order valence-corrected chi connectivity index (χ0v) is 21.6. The molecule has 6 aromatic rings. The highest BCUT2D eigenvalue weighted by molar-refractivity contribution is 5.81. The zero-order chi connectivity index (χ0) is 26.6. The summed E-state index contributed by atoms with van der Waals surface area (Å²) in [5.74, 6) is 1.56. The van der Waals surface area contributed by atoms with E-state index in [1.165, 1.54) is 0 Å². The van der Waals surface area contributed by atoms with E-state index in [4.69, 9.17) is 9.97 Å². The van der Waals surface area contributed by atoms with Crippen LogP contribution >= 0.6 is 0 Å². The van der Waals surface area contributed by atoms with Crippen molar-refractivity contribution in [3.8, 4) is 33.8 Å². The summed E-state index contributed by atoms with van der Waals surface area (Å²) in [5.41, 5.74) is 7.93. The number of aromatic amines is 1. The van der Waals surface area contributed by atoms with Gasteiger partial charge >= 0.3 is 0 Å². The number of aryl methyl sites for hydroxylation is 1. The Hall–Kier alpha value is -4.76. The number of pyridine rings is 2. The van der Waals surface area contributed by atoms with E-state index in [0.29, 0.717) is 18.1 Å². The highest BCUT2D eigenvalue weighted by atomic mass is 16.3. The molecule has 0 amide bonds. The van der Waals surface area contributed by atoms with Gasteiger partial charge in [-0.05, 0) is 46.5 Å². The molecule has 39 heavy (non-hydrogen) atoms. The average molecular weight is 517 g/mol. The number of tetrazole rings is 1. The summed E-state index contributed by atoms with van der Waals surface area (Å²) >= 11 is 0. The number of hydrogen-bond donors (Lipinski definition) is 2. The number of fused-ring (bicyclic) bond motifs is 1. The van der Waals surface area contributed by atoms with Crippen LogP contribution in [0.15, 0.2) is 79.0 Å². The van der Waals surface area contributed by atoms with Crippen molar-refractivity contribution in [2.75, 3.05) is 0 Å². The van der Waals surface area contributed by atoms with E-state index in [0.717, 1.165) is 69.8 Å². The van der Waals surface area contributed by atoms with Crippen LogP contribution in [-0.4, -0.2) is 45.2 Å². The van der Waals surface area contributed by atoms with Gasteiger partial charge in [0.25, 0.3) is 0 Å². The van der Waals surface area contributed by atoms with Crippen LogP contribution in [0.25, 0.3) is 44.9 Å². The van der Waals surface area contributed by atoms with Crippen LogP contribution in [0.2, 0.25) is 0 Å². The topological polar surface area (TPSA) is 118 Å². The summed E-state index contributed by atoms with van der Waals surface area (Å²) in [7, 11) is 0. The van der Waals surface area contributed by atoms with Crippen molar-refractivity contribution in [1.82, 2.24) is 40.1 Å². The zero-order valence-electron chi connectivity index (χ0n) is 21.6. The first-order chi connectivity index (χ1) is 19.2. The first kappa shape index (κ1) is 24.6. The molecule has 2 aromatic carbocycles. The van der Waals surface area contributed by atoms with Gasteiger partial charge in [-0.2, -0.15) is 5.21 Å². The van der Waals surface area contributed by atoms with Crippen molar-refractivity contribution < 1.29 is 5.11 Å². The third-order valence-electron chi connectivity index (χ3n) is 6.84. The number of unbranched alkanes of at least 4 members (excludes halogenated alkanes) is 1. The SMILES string of the molecule is CCCCc1nc2cc(-c3ccccn3)c(CO)nc2n1Cc1ccc(-c2ccccc2-c2nn[nH]n2)cc1. The molecule has 4 heterocycles. The second kappa shape index (κ2) is 10.9. The number of nitrogens with one attached hydrogen (secondary N) is 1. The smallest absolute Gasteiger partial charge is 0.205 e. The third-order valence-corrected chi connectivity index (χ3v) is 6.84. The molecule has 0 radical (unpaired) electrons. The summed E-state index contributed by atoms with van der Waals surface area (Å²) in [4.78, 5) is 14.3. The Labute approximate surface area is 225 Å². The lowest BCUT2D eigenvalue weighted by Gasteiger charge is -2.12. The van der Waals surface area contributed by atoms with Crippen molar-refractivity contribution in [2.45, 2.75) is 39.3 Å². The summed E-state index contributed by atoms with van der Waals surface area (Å²) in [6.07, 6.45) is 4.72. The summed E-state index contributed by atoms with van der Waals surface area (Å²) in [6, 6.07) is 24.3. The van der Waals surface area contributed by atoms with Gasteiger partial charge in [-0.1, -0.05) is 67.9 Å². The summed E-state index contributed by atoms with van der Waals surface area (Å²) in [5, 5.41) is 24.7. The maximum Gasteiger partial charge on any atom is 0.205 e. The molecule has 0 fully saturated rings. The lowest BCUT2D eigenvalue weighted by molar-refractivity contribution is 0.277. The highest BCUT2D eigenvalue weighted by Gasteiger charge is 2.18. The van der Waals surface area contributed by atoms with Crippen molar-refractivity contribution >= 4 is 11.2 Å². The number of rotatable bonds is 9. The predicted octanol–water partition coefficient (Wildman–Crippen LogP) is 5.22. The van der Waals surface area contributed by atoms with E-state index in [-0.39, 0.29) is 6.61 Å². The molecule has 0 spiro atoms. The van der Waals surface area contributed by atoms with E-state index in [1.807, 2.05) is 42.5 Å². The Morgan fingerprint density at radius 1 is 0.897 bits per heavy atom. The fraction of sp³-hybridized carbons (Fsp3) is 0.200. The van der Waals surface area contributed by atoms with E-state index in [2.05, 4.69) is 67.4 Å². The van der Waals surface area contributed by atoms with Crippen LogP contribution in [-0.2, 0) is 19.6 Å². The van der Waals surface area contributed by atoms with Crippen LogP contribution < -0.4 is 0 Å². The fourth-order valence-corrected chi connectivity index (χ4v) is 4.87. The molecule has 9 nitrogen and oxygen atoms in total. The number of benzene rings is 2. The molecule has 0 saturated carbocycles. The number of aromatic nitrogens is 8. The van der Waals surface area contributed by atoms with Gasteiger partial charge in [-0.3, -0.25) is 4.98 Å². The van der Waals surface area contributed by atoms with Gasteiger partial charge in [0.2, 0.25) is 5.82 Å². The van der Waals surface area contributed by atoms with Crippen LogP contribution in [0.5, 0.6) is 0 Å². The molecular weight excluding hydrogens is 488 g/mol. The lowest BCUT2D eigenvalue weighted by Crippen LogP contribution is -2.07. The first-order valence-electron chi connectivity index (χ1n) is 13.1. The van der Waals surface area contributed by atoms with Crippen molar-refractivity contribution in [1.29, 1.82) is 0 Å². The Kier molecular flexibility index (Phi) is 6.88. The Bertz CT molecular complexity index is 1690. The van der Waals surface area contributed by atoms with E-state index in [9.17, 15) is 5.11 Å². The second-order valence-corrected chi connectivity index (χ2v) is 9.39. The van der Waals surface area contributed by atoms with Gasteiger partial charge < -0.3 is 9.67 Å². The van der Waals surface area contributed by atoms with E-state index < -0.39 is 0 Å². The molecule has 0 aliphatic heterocycles. The Balaban J connectivity index is 1.37. The number of H-pyrrole nitrogens is 1. The maximum atomic E-state index is 10.2. The van der Waals surface area contributed by atoms with Crippen LogP contribution in [0.1, 0.15) is 36.8 Å². The minimum absolute atomic E-state index is 0.175. The van der Waals surface area contributed by atoms with Gasteiger partial charge in [0, 0.05) is 23.7 Å². The quantitative estimate of drug-likeness (QED) is 0.270. The van der Waals surface area contributed by atoms with Gasteiger partial charge in [-0.25, -0.2) is 9.97 Å². The van der Waals surface area contributed by atoms with Gasteiger partial charge in [0.05, 0.1) is 24.5 Å². The minimum atomic E-state index is -0.175. The number of aliphatic hydroxyl groups is 1. The predicted molar refractivity (Wildman–Crippen MR) is 149 cm³/mol. The number of aliphatic hydroxyl groups excluding tert-OH is 1. The molecule has 4 aromatic heterocycles. The molecule has 194 valence electrons. The van der Waals surface area contributed by atoms with Crippen molar-refractivity contribution in [3.63, 3.8) is 0 Å². The van der Waals surface area contributed by atoms with Crippen molar-refractivity contribution in [3.05, 3.63) is 96.1 Å². The molecular formula is C30H28N8O. The molecule has 6 rings (SSSR count). The minimum Gasteiger partial charge on any atom is -0.390 e. The third kappa shape index (κ3) is 4.92. The van der Waals surface area contributed by atoms with E-state index in [1.54, 1.807) is 6.20 Å². The van der Waals surface area contributed by atoms with E-state index >= 15 is 0 Å². The number of imidazole rings is 1. The average Bonchev–Trinajstić information content (AvgIpc) is 3.65. The fourth-order valence-electron chi connectivity index (χ4n) is 4.87. The van der Waals surface area contributed by atoms with Gasteiger partial charge in [-0.15, -0.1) is 10.2 Å². The first-order valence-corrected chi connectivity index (χ1v) is 13.1. The molecule has 9 heteroatoms. The standard InChI is InChI=1S/C30H28N8O/c1-2-3-11-28-32-26-17-24(25-10-6-7-16-31-25)27(19-39)33-30(26)38(28)18-20-12-14-21(15-13-20)22-8-4-5-9-23(22)29-34-36-37-35-29/h4-10,12-17,39H,2-3,11,18-19H2,1H3,(H,34,35,36,37). The Morgan fingerprint density at radius 2 is 1.72 bits per heavy atom. The molecule has 2 N–H and O–H groups in total. The van der Waals surface area contributed by atoms with Crippen LogP contribution in [0, 0.1) is 0 Å². The van der Waals surface area contributed by atoms with Gasteiger partial charge in [0.1, 0.15) is 11.3 Å². The monoisotopic (exact) mass is 516 g/mol. The largest absolute Gasteiger partial charge is 0.390 e. The van der Waals surface area contributed by atoms with Crippen LogP contribution in [0.4, 0.5) is 0 Å². The number of hydrogen-bond acceptors (Lipinski definition) is 7. The summed E-state index contributed by atoms with van der Waals surface area (Å²) in [6.45, 7) is 2.63. The molecule has 0 saturated heterocycles. The summed E-state index contributed by atoms with van der Waals surface area (Å²) < 4.78 is 2.18. The Morgan fingerprint density at radius 3 is 2.44 bits per heavy atom. The normalized spacial score (nSPS) is 11.3. The van der Waals surface area contributed by atoms with Crippen molar-refractivity contribution in [2.24, 2.45) is 0 Å². The highest BCUT2D eigenvalue weighted by Crippen LogP contribution is 2.31. The van der Waals surface area contributed by atoms with Crippen LogP contribution in [0.3, 0.4) is 0 Å². The van der Waals surface area contributed by atoms with Gasteiger partial charge in [0.15, 0.2) is 5.65 Å².